The minimum Gasteiger partial charge on any atom is -0.376 e. The molecule has 0 radical (unpaired) electrons. The summed E-state index contributed by atoms with van der Waals surface area (Å²) >= 11 is 1.63. The zero-order chi connectivity index (χ0) is 17.9. The van der Waals surface area contributed by atoms with Crippen LogP contribution in [0.15, 0.2) is 64.5 Å². The summed E-state index contributed by atoms with van der Waals surface area (Å²) in [5.74, 6) is 0. The number of benzene rings is 2. The minimum absolute atomic E-state index is 0.0221. The van der Waals surface area contributed by atoms with Gasteiger partial charge in [-0.05, 0) is 37.5 Å². The largest absolute Gasteiger partial charge is 0.376 e. The summed E-state index contributed by atoms with van der Waals surface area (Å²) < 4.78 is 7.58. The monoisotopic (exact) mass is 366 g/mol. The number of thioether (sulfide) groups is 1. The average molecular weight is 366 g/mol. The van der Waals surface area contributed by atoms with E-state index in [-0.39, 0.29) is 16.9 Å². The van der Waals surface area contributed by atoms with Gasteiger partial charge in [-0.3, -0.25) is 9.36 Å². The lowest BCUT2D eigenvalue weighted by atomic mass is 10.2. The highest BCUT2D eigenvalue weighted by atomic mass is 32.2. The first-order valence-corrected chi connectivity index (χ1v) is 9.93. The van der Waals surface area contributed by atoms with Crippen LogP contribution in [0.25, 0.3) is 10.9 Å². The van der Waals surface area contributed by atoms with Crippen molar-refractivity contribution in [3.05, 3.63) is 70.5 Å². The van der Waals surface area contributed by atoms with Crippen LogP contribution in [0.4, 0.5) is 0 Å². The van der Waals surface area contributed by atoms with E-state index in [9.17, 15) is 4.79 Å². The van der Waals surface area contributed by atoms with Crippen molar-refractivity contribution in [2.75, 3.05) is 6.61 Å². The third kappa shape index (κ3) is 3.55. The van der Waals surface area contributed by atoms with Gasteiger partial charge in [0.25, 0.3) is 5.56 Å². The standard InChI is InChI=1S/C21H22N2O2S/c1-15(16-8-3-2-4-9-16)26-21-22-19-12-6-5-11-18(19)20(24)23(21)14-17-10-7-13-25-17/h2-6,8-9,11-12,15,17H,7,10,13-14H2,1H3. The molecule has 1 aliphatic rings. The van der Waals surface area contributed by atoms with E-state index in [1.807, 2.05) is 47.0 Å². The molecule has 26 heavy (non-hydrogen) atoms. The Labute approximate surface area is 157 Å². The van der Waals surface area contributed by atoms with Gasteiger partial charge in [-0.25, -0.2) is 4.98 Å². The molecule has 3 aromatic rings. The fraction of sp³-hybridized carbons (Fsp3) is 0.333. The van der Waals surface area contributed by atoms with Crippen LogP contribution in [0, 0.1) is 0 Å². The van der Waals surface area contributed by atoms with E-state index in [0.717, 1.165) is 30.1 Å². The molecule has 0 aliphatic carbocycles. The van der Waals surface area contributed by atoms with E-state index in [2.05, 4.69) is 19.1 Å². The number of ether oxygens (including phenoxy) is 1. The molecule has 4 rings (SSSR count). The second-order valence-electron chi connectivity index (χ2n) is 6.63. The van der Waals surface area contributed by atoms with Gasteiger partial charge in [-0.2, -0.15) is 0 Å². The minimum atomic E-state index is 0.0221. The first-order chi connectivity index (χ1) is 12.7. The van der Waals surface area contributed by atoms with Gasteiger partial charge < -0.3 is 4.74 Å². The Kier molecular flexibility index (Phi) is 5.09. The molecule has 5 heteroatoms. The fourth-order valence-corrected chi connectivity index (χ4v) is 4.39. The number of aromatic nitrogens is 2. The SMILES string of the molecule is CC(Sc1nc2ccccc2c(=O)n1CC1CCCO1)c1ccccc1. The maximum Gasteiger partial charge on any atom is 0.262 e. The fourth-order valence-electron chi connectivity index (χ4n) is 3.34. The normalized spacial score (nSPS) is 18.3. The Balaban J connectivity index is 1.74. The smallest absolute Gasteiger partial charge is 0.262 e. The van der Waals surface area contributed by atoms with Crippen molar-refractivity contribution in [3.8, 4) is 0 Å². The Bertz CT molecular complexity index is 949. The van der Waals surface area contributed by atoms with Crippen molar-refractivity contribution in [1.82, 2.24) is 9.55 Å². The zero-order valence-corrected chi connectivity index (χ0v) is 15.6. The summed E-state index contributed by atoms with van der Waals surface area (Å²) in [6.07, 6.45) is 2.16. The van der Waals surface area contributed by atoms with Crippen LogP contribution in [-0.4, -0.2) is 22.3 Å². The number of fused-ring (bicyclic) bond motifs is 1. The number of para-hydroxylation sites is 1. The lowest BCUT2D eigenvalue weighted by molar-refractivity contribution is 0.0937. The Morgan fingerprint density at radius 2 is 1.96 bits per heavy atom. The van der Waals surface area contributed by atoms with Gasteiger partial charge >= 0.3 is 0 Å². The molecule has 2 heterocycles. The van der Waals surface area contributed by atoms with Crippen molar-refractivity contribution in [3.63, 3.8) is 0 Å². The summed E-state index contributed by atoms with van der Waals surface area (Å²) in [6.45, 7) is 3.50. The van der Waals surface area contributed by atoms with Crippen LogP contribution < -0.4 is 5.56 Å². The lowest BCUT2D eigenvalue weighted by Gasteiger charge is -2.18. The maximum absolute atomic E-state index is 13.1. The van der Waals surface area contributed by atoms with Crippen molar-refractivity contribution in [2.24, 2.45) is 0 Å². The Morgan fingerprint density at radius 3 is 2.73 bits per heavy atom. The van der Waals surface area contributed by atoms with Crippen LogP contribution in [0.1, 0.15) is 30.6 Å². The predicted octanol–water partition coefficient (Wildman–Crippen LogP) is 4.43. The Hall–Kier alpha value is -2.11. The van der Waals surface area contributed by atoms with Crippen molar-refractivity contribution in [2.45, 2.75) is 42.8 Å². The molecule has 134 valence electrons. The van der Waals surface area contributed by atoms with Gasteiger partial charge in [-0.15, -0.1) is 0 Å². The molecule has 1 aromatic heterocycles. The lowest BCUT2D eigenvalue weighted by Crippen LogP contribution is -2.29. The van der Waals surface area contributed by atoms with Gasteiger partial charge in [0, 0.05) is 11.9 Å². The first kappa shape index (κ1) is 17.3. The molecule has 0 spiro atoms. The van der Waals surface area contributed by atoms with Gasteiger partial charge in [0.05, 0.1) is 23.6 Å². The van der Waals surface area contributed by atoms with Gasteiger partial charge in [0.15, 0.2) is 5.16 Å². The van der Waals surface area contributed by atoms with E-state index >= 15 is 0 Å². The predicted molar refractivity (Wildman–Crippen MR) is 106 cm³/mol. The molecular formula is C21H22N2O2S. The number of nitrogens with zero attached hydrogens (tertiary/aromatic N) is 2. The highest BCUT2D eigenvalue weighted by Crippen LogP contribution is 2.34. The quantitative estimate of drug-likeness (QED) is 0.495. The molecule has 4 nitrogen and oxygen atoms in total. The molecule has 2 unspecified atom stereocenters. The summed E-state index contributed by atoms with van der Waals surface area (Å²) in [5.41, 5.74) is 2.00. The van der Waals surface area contributed by atoms with Crippen LogP contribution in [0.2, 0.25) is 0 Å². The molecule has 0 saturated carbocycles. The van der Waals surface area contributed by atoms with Crippen LogP contribution in [0.5, 0.6) is 0 Å². The Morgan fingerprint density at radius 1 is 1.19 bits per heavy atom. The highest BCUT2D eigenvalue weighted by molar-refractivity contribution is 7.99. The molecule has 2 atom stereocenters. The first-order valence-electron chi connectivity index (χ1n) is 9.05. The van der Waals surface area contributed by atoms with Crippen molar-refractivity contribution < 1.29 is 4.74 Å². The molecule has 0 bridgehead atoms. The number of hydrogen-bond donors (Lipinski definition) is 0. The van der Waals surface area contributed by atoms with Crippen LogP contribution in [0.3, 0.4) is 0 Å². The molecule has 1 saturated heterocycles. The van der Waals surface area contributed by atoms with Gasteiger partial charge in [0.2, 0.25) is 0 Å². The number of rotatable bonds is 5. The summed E-state index contributed by atoms with van der Waals surface area (Å²) in [6, 6.07) is 17.9. The highest BCUT2D eigenvalue weighted by Gasteiger charge is 2.21. The summed E-state index contributed by atoms with van der Waals surface area (Å²) in [7, 11) is 0. The van der Waals surface area contributed by atoms with Crippen molar-refractivity contribution >= 4 is 22.7 Å². The second kappa shape index (κ2) is 7.64. The third-order valence-corrected chi connectivity index (χ3v) is 5.94. The van der Waals surface area contributed by atoms with Gasteiger partial charge in [0.1, 0.15) is 0 Å². The van der Waals surface area contributed by atoms with E-state index < -0.39 is 0 Å². The van der Waals surface area contributed by atoms with E-state index in [1.165, 1.54) is 5.56 Å². The number of hydrogen-bond acceptors (Lipinski definition) is 4. The van der Waals surface area contributed by atoms with E-state index in [4.69, 9.17) is 9.72 Å². The van der Waals surface area contributed by atoms with Crippen molar-refractivity contribution in [1.29, 1.82) is 0 Å². The zero-order valence-electron chi connectivity index (χ0n) is 14.8. The molecular weight excluding hydrogens is 344 g/mol. The van der Waals surface area contributed by atoms with Crippen LogP contribution >= 0.6 is 11.8 Å². The van der Waals surface area contributed by atoms with Crippen LogP contribution in [-0.2, 0) is 11.3 Å². The molecule has 1 aliphatic heterocycles. The molecule has 2 aromatic carbocycles. The average Bonchev–Trinajstić information content (AvgIpc) is 3.19. The van der Waals surface area contributed by atoms with E-state index in [0.29, 0.717) is 11.9 Å². The third-order valence-electron chi connectivity index (χ3n) is 4.79. The topological polar surface area (TPSA) is 44.1 Å². The summed E-state index contributed by atoms with van der Waals surface area (Å²) in [4.78, 5) is 17.9. The van der Waals surface area contributed by atoms with Gasteiger partial charge in [-0.1, -0.05) is 54.2 Å². The second-order valence-corrected chi connectivity index (χ2v) is 7.94. The molecule has 1 fully saturated rings. The molecule has 0 N–H and O–H groups in total. The summed E-state index contributed by atoms with van der Waals surface area (Å²) in [5, 5.41) is 1.64. The molecule has 0 amide bonds. The van der Waals surface area contributed by atoms with E-state index in [1.54, 1.807) is 11.8 Å². The maximum atomic E-state index is 13.1.